The average molecular weight is 288 g/mol. The predicted molar refractivity (Wildman–Crippen MR) is 78.8 cm³/mol. The van der Waals surface area contributed by atoms with Crippen LogP contribution in [0.5, 0.6) is 0 Å². The third kappa shape index (κ3) is 2.58. The normalized spacial score (nSPS) is 27.2. The van der Waals surface area contributed by atoms with E-state index in [9.17, 15) is 4.79 Å². The summed E-state index contributed by atoms with van der Waals surface area (Å²) in [7, 11) is 0. The molecule has 1 aromatic rings. The van der Waals surface area contributed by atoms with Crippen molar-refractivity contribution in [3.8, 4) is 0 Å². The molecule has 21 heavy (non-hydrogen) atoms. The Bertz CT molecular complexity index is 516. The maximum absolute atomic E-state index is 12.6. The molecular formula is C16H24N4O. The Morgan fingerprint density at radius 1 is 1.10 bits per heavy atom. The first-order chi connectivity index (χ1) is 10.3. The number of aromatic nitrogens is 3. The summed E-state index contributed by atoms with van der Waals surface area (Å²) in [5, 5.41) is 8.39. The van der Waals surface area contributed by atoms with E-state index in [4.69, 9.17) is 0 Å². The molecule has 4 rings (SSSR count). The van der Waals surface area contributed by atoms with Gasteiger partial charge in [-0.2, -0.15) is 0 Å². The second-order valence-electron chi connectivity index (χ2n) is 6.93. The van der Waals surface area contributed by atoms with E-state index in [0.717, 1.165) is 38.2 Å². The number of carbonyl (C=O) groups excluding carboxylic acids is 1. The lowest BCUT2D eigenvalue weighted by Gasteiger charge is -2.26. The van der Waals surface area contributed by atoms with Gasteiger partial charge in [0.05, 0.1) is 6.04 Å². The third-order valence-electron chi connectivity index (χ3n) is 5.37. The molecule has 0 radical (unpaired) electrons. The minimum absolute atomic E-state index is 0.293. The molecule has 0 bridgehead atoms. The zero-order chi connectivity index (χ0) is 14.2. The van der Waals surface area contributed by atoms with E-state index in [0.29, 0.717) is 23.8 Å². The van der Waals surface area contributed by atoms with E-state index < -0.39 is 0 Å². The lowest BCUT2D eigenvalue weighted by molar-refractivity contribution is -0.135. The molecular weight excluding hydrogens is 264 g/mol. The predicted octanol–water partition coefficient (Wildman–Crippen LogP) is 2.51. The van der Waals surface area contributed by atoms with Crippen molar-refractivity contribution in [1.29, 1.82) is 0 Å². The van der Waals surface area contributed by atoms with Crippen LogP contribution in [0.15, 0.2) is 6.33 Å². The van der Waals surface area contributed by atoms with Gasteiger partial charge >= 0.3 is 0 Å². The quantitative estimate of drug-likeness (QED) is 0.858. The number of hydrogen-bond donors (Lipinski definition) is 0. The van der Waals surface area contributed by atoms with E-state index in [-0.39, 0.29) is 0 Å². The fourth-order valence-electron chi connectivity index (χ4n) is 3.94. The van der Waals surface area contributed by atoms with E-state index in [2.05, 4.69) is 19.7 Å². The first-order valence-electron chi connectivity index (χ1n) is 8.51. The van der Waals surface area contributed by atoms with Crippen molar-refractivity contribution >= 4 is 5.91 Å². The van der Waals surface area contributed by atoms with E-state index >= 15 is 0 Å². The molecule has 1 aromatic heterocycles. The smallest absolute Gasteiger partial charge is 0.225 e. The van der Waals surface area contributed by atoms with E-state index in [1.807, 2.05) is 6.33 Å². The summed E-state index contributed by atoms with van der Waals surface area (Å²) in [6, 6.07) is 0.392. The van der Waals surface area contributed by atoms with E-state index in [1.54, 1.807) is 0 Å². The summed E-state index contributed by atoms with van der Waals surface area (Å²) >= 11 is 0. The standard InChI is InChI=1S/C16H24N4O/c21-16(13-4-2-1-3-5-13)19-9-8-14(10-19)20-11-17-18-15(20)12-6-7-12/h11-14H,1-10H2. The number of amides is 1. The summed E-state index contributed by atoms with van der Waals surface area (Å²) in [5.41, 5.74) is 0. The van der Waals surface area contributed by atoms with Gasteiger partial charge in [0, 0.05) is 24.9 Å². The first kappa shape index (κ1) is 13.3. The van der Waals surface area contributed by atoms with Crippen LogP contribution in [0.4, 0.5) is 0 Å². The van der Waals surface area contributed by atoms with Crippen molar-refractivity contribution in [2.24, 2.45) is 5.92 Å². The number of likely N-dealkylation sites (tertiary alicyclic amines) is 1. The molecule has 1 amide bonds. The van der Waals surface area contributed by atoms with E-state index in [1.165, 1.54) is 32.1 Å². The fraction of sp³-hybridized carbons (Fsp3) is 0.812. The number of carbonyl (C=O) groups is 1. The molecule has 114 valence electrons. The van der Waals surface area contributed by atoms with Crippen LogP contribution in [0.25, 0.3) is 0 Å². The summed E-state index contributed by atoms with van der Waals surface area (Å²) in [6.45, 7) is 1.76. The maximum Gasteiger partial charge on any atom is 0.225 e. The topological polar surface area (TPSA) is 51.0 Å². The van der Waals surface area contributed by atoms with Gasteiger partial charge in [-0.1, -0.05) is 19.3 Å². The van der Waals surface area contributed by atoms with Crippen LogP contribution >= 0.6 is 0 Å². The molecule has 2 heterocycles. The minimum Gasteiger partial charge on any atom is -0.340 e. The van der Waals surface area contributed by atoms with Crippen molar-refractivity contribution in [2.75, 3.05) is 13.1 Å². The lowest BCUT2D eigenvalue weighted by atomic mass is 9.88. The Morgan fingerprint density at radius 3 is 2.67 bits per heavy atom. The highest BCUT2D eigenvalue weighted by Crippen LogP contribution is 2.40. The van der Waals surface area contributed by atoms with Gasteiger partial charge in [-0.05, 0) is 32.1 Å². The van der Waals surface area contributed by atoms with Crippen LogP contribution in [0, 0.1) is 5.92 Å². The molecule has 3 aliphatic rings. The van der Waals surface area contributed by atoms with Crippen molar-refractivity contribution < 1.29 is 4.79 Å². The van der Waals surface area contributed by atoms with Gasteiger partial charge in [0.15, 0.2) is 0 Å². The maximum atomic E-state index is 12.6. The molecule has 1 unspecified atom stereocenters. The molecule has 1 saturated heterocycles. The van der Waals surface area contributed by atoms with Crippen molar-refractivity contribution in [2.45, 2.75) is 63.3 Å². The highest BCUT2D eigenvalue weighted by Gasteiger charge is 2.35. The second kappa shape index (κ2) is 5.43. The van der Waals surface area contributed by atoms with Gasteiger partial charge in [0.1, 0.15) is 12.2 Å². The molecule has 0 N–H and O–H groups in total. The highest BCUT2D eigenvalue weighted by atomic mass is 16.2. The van der Waals surface area contributed by atoms with Gasteiger partial charge in [0.25, 0.3) is 0 Å². The monoisotopic (exact) mass is 288 g/mol. The highest BCUT2D eigenvalue weighted by molar-refractivity contribution is 5.79. The zero-order valence-corrected chi connectivity index (χ0v) is 12.6. The largest absolute Gasteiger partial charge is 0.340 e. The Kier molecular flexibility index (Phi) is 3.43. The minimum atomic E-state index is 0.293. The molecule has 1 aliphatic heterocycles. The van der Waals surface area contributed by atoms with Gasteiger partial charge in [0.2, 0.25) is 5.91 Å². The van der Waals surface area contributed by atoms with Gasteiger partial charge in [-0.15, -0.1) is 10.2 Å². The van der Waals surface area contributed by atoms with Crippen molar-refractivity contribution in [3.63, 3.8) is 0 Å². The SMILES string of the molecule is O=C(C1CCCCC1)N1CCC(n2cnnc2C2CC2)C1. The molecule has 5 heteroatoms. The molecule has 3 fully saturated rings. The lowest BCUT2D eigenvalue weighted by Crippen LogP contribution is -2.35. The van der Waals surface area contributed by atoms with Gasteiger partial charge < -0.3 is 9.47 Å². The molecule has 2 saturated carbocycles. The second-order valence-corrected chi connectivity index (χ2v) is 6.93. The van der Waals surface area contributed by atoms with Gasteiger partial charge in [-0.25, -0.2) is 0 Å². The first-order valence-corrected chi connectivity index (χ1v) is 8.51. The van der Waals surface area contributed by atoms with Crippen LogP contribution in [0.1, 0.15) is 69.2 Å². The Hall–Kier alpha value is -1.39. The zero-order valence-electron chi connectivity index (χ0n) is 12.6. The fourth-order valence-corrected chi connectivity index (χ4v) is 3.94. The Balaban J connectivity index is 1.42. The van der Waals surface area contributed by atoms with Crippen molar-refractivity contribution in [3.05, 3.63) is 12.2 Å². The Labute approximate surface area is 125 Å². The molecule has 0 aromatic carbocycles. The number of hydrogen-bond acceptors (Lipinski definition) is 3. The number of nitrogens with zero attached hydrogens (tertiary/aromatic N) is 4. The van der Waals surface area contributed by atoms with Gasteiger partial charge in [-0.3, -0.25) is 4.79 Å². The molecule has 2 aliphatic carbocycles. The average Bonchev–Trinajstić information content (AvgIpc) is 3.06. The van der Waals surface area contributed by atoms with Crippen LogP contribution < -0.4 is 0 Å². The van der Waals surface area contributed by atoms with Crippen LogP contribution in [-0.4, -0.2) is 38.7 Å². The van der Waals surface area contributed by atoms with Crippen molar-refractivity contribution in [1.82, 2.24) is 19.7 Å². The molecule has 1 atom stereocenters. The van der Waals surface area contributed by atoms with Crippen LogP contribution in [0.2, 0.25) is 0 Å². The van der Waals surface area contributed by atoms with Crippen LogP contribution in [0.3, 0.4) is 0 Å². The van der Waals surface area contributed by atoms with Crippen LogP contribution in [-0.2, 0) is 4.79 Å². The Morgan fingerprint density at radius 2 is 1.90 bits per heavy atom. The summed E-state index contributed by atoms with van der Waals surface area (Å²) in [5.74, 6) is 2.46. The molecule has 5 nitrogen and oxygen atoms in total. The summed E-state index contributed by atoms with van der Waals surface area (Å²) in [4.78, 5) is 14.7. The third-order valence-corrected chi connectivity index (χ3v) is 5.37. The number of rotatable bonds is 3. The summed E-state index contributed by atoms with van der Waals surface area (Å²) < 4.78 is 2.24. The summed E-state index contributed by atoms with van der Waals surface area (Å²) in [6.07, 6.45) is 11.4. The molecule has 0 spiro atoms.